The Bertz CT molecular complexity index is 836. The number of halogens is 2. The van der Waals surface area contributed by atoms with Gasteiger partial charge in [0.05, 0.1) is 12.2 Å². The molecule has 0 radical (unpaired) electrons. The molecule has 0 saturated carbocycles. The molecule has 0 bridgehead atoms. The van der Waals surface area contributed by atoms with Gasteiger partial charge < -0.3 is 5.32 Å². The van der Waals surface area contributed by atoms with Crippen LogP contribution in [-0.4, -0.2) is 15.9 Å². The van der Waals surface area contributed by atoms with Crippen molar-refractivity contribution >= 4 is 17.2 Å². The average molecular weight is 331 g/mol. The monoisotopic (exact) mass is 331 g/mol. The quantitative estimate of drug-likeness (QED) is 0.797. The number of nitrogens with zero attached hydrogens (tertiary/aromatic N) is 2. The second kappa shape index (κ2) is 6.62. The maximum Gasteiger partial charge on any atom is 0.251 e. The summed E-state index contributed by atoms with van der Waals surface area (Å²) in [5.41, 5.74) is 1.65. The van der Waals surface area contributed by atoms with E-state index in [-0.39, 0.29) is 12.1 Å². The molecule has 0 spiro atoms. The highest BCUT2D eigenvalue weighted by Crippen LogP contribution is 2.22. The van der Waals surface area contributed by atoms with Crippen LogP contribution in [0.25, 0.3) is 10.6 Å². The van der Waals surface area contributed by atoms with Crippen LogP contribution in [0, 0.1) is 11.6 Å². The van der Waals surface area contributed by atoms with Crippen LogP contribution in [0.4, 0.5) is 8.78 Å². The summed E-state index contributed by atoms with van der Waals surface area (Å²) >= 11 is 1.44. The number of pyridine rings is 1. The zero-order valence-electron chi connectivity index (χ0n) is 11.8. The summed E-state index contributed by atoms with van der Waals surface area (Å²) in [4.78, 5) is 20.4. The lowest BCUT2D eigenvalue weighted by molar-refractivity contribution is 0.0950. The lowest BCUT2D eigenvalue weighted by Crippen LogP contribution is -2.23. The topological polar surface area (TPSA) is 54.9 Å². The summed E-state index contributed by atoms with van der Waals surface area (Å²) in [7, 11) is 0. The molecule has 4 nitrogen and oxygen atoms in total. The summed E-state index contributed by atoms with van der Waals surface area (Å²) in [5.74, 6) is -2.52. The number of nitrogens with one attached hydrogen (secondary N) is 1. The van der Waals surface area contributed by atoms with Crippen molar-refractivity contribution in [3.63, 3.8) is 0 Å². The molecule has 3 aromatic rings. The molecule has 0 saturated heterocycles. The standard InChI is InChI=1S/C16H11F2N3OS/c17-13-4-3-10(6-14(13)18)15(22)20-8-12-9-23-16(21-12)11-2-1-5-19-7-11/h1-7,9H,8H2,(H,20,22). The molecule has 0 unspecified atom stereocenters. The lowest BCUT2D eigenvalue weighted by atomic mass is 10.2. The summed E-state index contributed by atoms with van der Waals surface area (Å²) in [5, 5.41) is 5.26. The molecule has 0 aliphatic heterocycles. The molecule has 0 aliphatic rings. The van der Waals surface area contributed by atoms with Gasteiger partial charge in [-0.25, -0.2) is 13.8 Å². The molecule has 7 heteroatoms. The Morgan fingerprint density at radius 3 is 2.83 bits per heavy atom. The average Bonchev–Trinajstić information content (AvgIpc) is 3.05. The van der Waals surface area contributed by atoms with E-state index >= 15 is 0 Å². The third-order valence-corrected chi connectivity index (χ3v) is 4.01. The number of amides is 1. The predicted molar refractivity (Wildman–Crippen MR) is 82.9 cm³/mol. The zero-order chi connectivity index (χ0) is 16.2. The highest BCUT2D eigenvalue weighted by molar-refractivity contribution is 7.13. The zero-order valence-corrected chi connectivity index (χ0v) is 12.6. The fraction of sp³-hybridized carbons (Fsp3) is 0.0625. The molecule has 23 heavy (non-hydrogen) atoms. The molecule has 0 fully saturated rings. The number of carbonyl (C=O) groups is 1. The van der Waals surface area contributed by atoms with Crippen LogP contribution in [0.2, 0.25) is 0 Å². The van der Waals surface area contributed by atoms with Crippen molar-refractivity contribution in [2.45, 2.75) is 6.54 Å². The van der Waals surface area contributed by atoms with Crippen molar-refractivity contribution in [2.24, 2.45) is 0 Å². The maximum atomic E-state index is 13.1. The van der Waals surface area contributed by atoms with Gasteiger partial charge in [-0.3, -0.25) is 9.78 Å². The van der Waals surface area contributed by atoms with Crippen LogP contribution in [-0.2, 0) is 6.54 Å². The lowest BCUT2D eigenvalue weighted by Gasteiger charge is -2.03. The third kappa shape index (κ3) is 3.57. The first-order chi connectivity index (χ1) is 11.1. The van der Waals surface area contributed by atoms with Gasteiger partial charge in [0.25, 0.3) is 5.91 Å². The van der Waals surface area contributed by atoms with Gasteiger partial charge in [-0.05, 0) is 30.3 Å². The van der Waals surface area contributed by atoms with E-state index in [9.17, 15) is 13.6 Å². The van der Waals surface area contributed by atoms with E-state index in [1.54, 1.807) is 12.4 Å². The largest absolute Gasteiger partial charge is 0.346 e. The highest BCUT2D eigenvalue weighted by atomic mass is 32.1. The van der Waals surface area contributed by atoms with Crippen molar-refractivity contribution in [2.75, 3.05) is 0 Å². The van der Waals surface area contributed by atoms with Crippen LogP contribution < -0.4 is 5.32 Å². The molecule has 0 atom stereocenters. The van der Waals surface area contributed by atoms with Crippen LogP contribution in [0.5, 0.6) is 0 Å². The van der Waals surface area contributed by atoms with E-state index in [1.165, 1.54) is 17.4 Å². The smallest absolute Gasteiger partial charge is 0.251 e. The van der Waals surface area contributed by atoms with Gasteiger partial charge in [-0.2, -0.15) is 0 Å². The first-order valence-electron chi connectivity index (χ1n) is 6.71. The Labute approximate surface area is 134 Å². The van der Waals surface area contributed by atoms with E-state index in [1.807, 2.05) is 17.5 Å². The number of benzene rings is 1. The van der Waals surface area contributed by atoms with Gasteiger partial charge in [0.1, 0.15) is 5.01 Å². The van der Waals surface area contributed by atoms with Gasteiger partial charge in [0, 0.05) is 28.9 Å². The molecule has 2 heterocycles. The van der Waals surface area contributed by atoms with Gasteiger partial charge in [-0.15, -0.1) is 11.3 Å². The minimum Gasteiger partial charge on any atom is -0.346 e. The molecule has 1 N–H and O–H groups in total. The van der Waals surface area contributed by atoms with E-state index in [0.717, 1.165) is 22.7 Å². The summed E-state index contributed by atoms with van der Waals surface area (Å²) < 4.78 is 26.0. The van der Waals surface area contributed by atoms with Crippen LogP contribution in [0.15, 0.2) is 48.1 Å². The second-order valence-electron chi connectivity index (χ2n) is 4.70. The Balaban J connectivity index is 1.65. The number of carbonyl (C=O) groups excluding carboxylic acids is 1. The molecule has 2 aromatic heterocycles. The molecule has 1 amide bonds. The van der Waals surface area contributed by atoms with Gasteiger partial charge in [-0.1, -0.05) is 0 Å². The summed E-state index contributed by atoms with van der Waals surface area (Å²) in [6.45, 7) is 0.203. The third-order valence-electron chi connectivity index (χ3n) is 3.07. The molecular formula is C16H11F2N3OS. The first-order valence-corrected chi connectivity index (χ1v) is 7.59. The molecule has 1 aromatic carbocycles. The number of rotatable bonds is 4. The van der Waals surface area contributed by atoms with E-state index in [4.69, 9.17) is 0 Å². The fourth-order valence-corrected chi connectivity index (χ4v) is 2.73. The van der Waals surface area contributed by atoms with E-state index < -0.39 is 17.5 Å². The Morgan fingerprint density at radius 1 is 1.22 bits per heavy atom. The number of hydrogen-bond donors (Lipinski definition) is 1. The SMILES string of the molecule is O=C(NCc1csc(-c2cccnc2)n1)c1ccc(F)c(F)c1. The summed E-state index contributed by atoms with van der Waals surface area (Å²) in [6.07, 6.45) is 3.39. The van der Waals surface area contributed by atoms with Crippen LogP contribution in [0.1, 0.15) is 16.1 Å². The predicted octanol–water partition coefficient (Wildman–Crippen LogP) is 3.41. The fourth-order valence-electron chi connectivity index (χ4n) is 1.92. The first kappa shape index (κ1) is 15.2. The number of thiazole rings is 1. The minimum atomic E-state index is -1.05. The second-order valence-corrected chi connectivity index (χ2v) is 5.56. The number of hydrogen-bond acceptors (Lipinski definition) is 4. The number of aromatic nitrogens is 2. The van der Waals surface area contributed by atoms with Crippen LogP contribution >= 0.6 is 11.3 Å². The Morgan fingerprint density at radius 2 is 2.09 bits per heavy atom. The molecule has 0 aliphatic carbocycles. The van der Waals surface area contributed by atoms with Gasteiger partial charge in [0.15, 0.2) is 11.6 Å². The van der Waals surface area contributed by atoms with Crippen molar-refractivity contribution < 1.29 is 13.6 Å². The van der Waals surface area contributed by atoms with Crippen molar-refractivity contribution in [1.82, 2.24) is 15.3 Å². The van der Waals surface area contributed by atoms with Gasteiger partial charge >= 0.3 is 0 Å². The van der Waals surface area contributed by atoms with E-state index in [2.05, 4.69) is 15.3 Å². The van der Waals surface area contributed by atoms with Gasteiger partial charge in [0.2, 0.25) is 0 Å². The van der Waals surface area contributed by atoms with Crippen LogP contribution in [0.3, 0.4) is 0 Å². The molecule has 116 valence electrons. The normalized spacial score (nSPS) is 10.5. The maximum absolute atomic E-state index is 13.1. The Kier molecular flexibility index (Phi) is 4.38. The molecular weight excluding hydrogens is 320 g/mol. The summed E-state index contributed by atoms with van der Waals surface area (Å²) in [6, 6.07) is 6.74. The van der Waals surface area contributed by atoms with Crippen molar-refractivity contribution in [3.8, 4) is 10.6 Å². The molecule has 3 rings (SSSR count). The van der Waals surface area contributed by atoms with Crippen molar-refractivity contribution in [3.05, 3.63) is 71.0 Å². The van der Waals surface area contributed by atoms with Crippen molar-refractivity contribution in [1.29, 1.82) is 0 Å². The minimum absolute atomic E-state index is 0.0617. The highest BCUT2D eigenvalue weighted by Gasteiger charge is 2.11. The Hall–Kier alpha value is -2.67. The van der Waals surface area contributed by atoms with E-state index in [0.29, 0.717) is 5.69 Å².